The van der Waals surface area contributed by atoms with Crippen LogP contribution in [0.3, 0.4) is 0 Å². The monoisotopic (exact) mass is 353 g/mol. The lowest BCUT2D eigenvalue weighted by Crippen LogP contribution is -2.29. The van der Waals surface area contributed by atoms with Crippen LogP contribution in [-0.2, 0) is 16.6 Å². The van der Waals surface area contributed by atoms with Gasteiger partial charge in [0.2, 0.25) is 10.0 Å². The number of hydrogen-bond donors (Lipinski definition) is 3. The van der Waals surface area contributed by atoms with E-state index in [1.165, 1.54) is 12.1 Å². The molecule has 0 aliphatic rings. The van der Waals surface area contributed by atoms with Crippen LogP contribution < -0.4 is 15.8 Å². The van der Waals surface area contributed by atoms with Crippen LogP contribution in [0.5, 0.6) is 0 Å². The van der Waals surface area contributed by atoms with E-state index in [1.807, 2.05) is 23.9 Å². The Morgan fingerprint density at radius 3 is 2.57 bits per heavy atom. The van der Waals surface area contributed by atoms with Crippen LogP contribution in [0.15, 0.2) is 41.4 Å². The number of nitrogens with one attached hydrogen (secondary N) is 2. The SMILES string of the molecule is Cc1ccn(CCCNC(=S)Nc2ccc(S(N)(=O)=O)cc2)n1. The Kier molecular flexibility index (Phi) is 5.69. The summed E-state index contributed by atoms with van der Waals surface area (Å²) < 4.78 is 24.2. The van der Waals surface area contributed by atoms with E-state index in [1.54, 1.807) is 12.1 Å². The molecule has 1 aromatic heterocycles. The number of primary sulfonamides is 1. The fraction of sp³-hybridized carbons (Fsp3) is 0.286. The molecule has 1 aromatic carbocycles. The van der Waals surface area contributed by atoms with E-state index in [9.17, 15) is 8.42 Å². The largest absolute Gasteiger partial charge is 0.362 e. The molecule has 0 aliphatic carbocycles. The third kappa shape index (κ3) is 5.62. The van der Waals surface area contributed by atoms with Gasteiger partial charge < -0.3 is 10.6 Å². The average molecular weight is 353 g/mol. The van der Waals surface area contributed by atoms with Gasteiger partial charge in [0, 0.05) is 25.0 Å². The van der Waals surface area contributed by atoms with Crippen molar-refractivity contribution < 1.29 is 8.42 Å². The van der Waals surface area contributed by atoms with Crippen LogP contribution in [0.25, 0.3) is 0 Å². The van der Waals surface area contributed by atoms with Gasteiger partial charge in [0.1, 0.15) is 0 Å². The Balaban J connectivity index is 1.74. The van der Waals surface area contributed by atoms with Crippen molar-refractivity contribution in [3.8, 4) is 0 Å². The molecule has 2 rings (SSSR count). The van der Waals surface area contributed by atoms with Crippen molar-refractivity contribution in [2.45, 2.75) is 24.8 Å². The van der Waals surface area contributed by atoms with Crippen molar-refractivity contribution in [2.75, 3.05) is 11.9 Å². The molecule has 9 heteroatoms. The summed E-state index contributed by atoms with van der Waals surface area (Å²) in [7, 11) is -3.67. The van der Waals surface area contributed by atoms with Gasteiger partial charge in [-0.3, -0.25) is 4.68 Å². The van der Waals surface area contributed by atoms with E-state index in [2.05, 4.69) is 15.7 Å². The first kappa shape index (κ1) is 17.4. The van der Waals surface area contributed by atoms with Crippen molar-refractivity contribution in [2.24, 2.45) is 5.14 Å². The fourth-order valence-corrected chi connectivity index (χ4v) is 2.67. The number of nitrogens with two attached hydrogens (primary N) is 1. The maximum atomic E-state index is 11.2. The highest BCUT2D eigenvalue weighted by Crippen LogP contribution is 2.12. The minimum absolute atomic E-state index is 0.0662. The summed E-state index contributed by atoms with van der Waals surface area (Å²) in [6.07, 6.45) is 2.83. The number of aromatic nitrogens is 2. The van der Waals surface area contributed by atoms with Gasteiger partial charge in [-0.25, -0.2) is 13.6 Å². The number of sulfonamides is 1. The molecule has 0 radical (unpaired) electrons. The summed E-state index contributed by atoms with van der Waals surface area (Å²) in [6.45, 7) is 3.47. The number of nitrogens with zero attached hydrogens (tertiary/aromatic N) is 2. The molecule has 0 saturated heterocycles. The standard InChI is InChI=1S/C14H19N5O2S2/c1-11-7-10-19(18-11)9-2-8-16-14(22)17-12-3-5-13(6-4-12)23(15,20)21/h3-7,10H,2,8-9H2,1H3,(H2,15,20,21)(H2,16,17,22). The van der Waals surface area contributed by atoms with Crippen molar-refractivity contribution in [3.05, 3.63) is 42.2 Å². The van der Waals surface area contributed by atoms with E-state index < -0.39 is 10.0 Å². The smallest absolute Gasteiger partial charge is 0.238 e. The second-order valence-electron chi connectivity index (χ2n) is 5.02. The number of rotatable bonds is 6. The van der Waals surface area contributed by atoms with Crippen molar-refractivity contribution >= 4 is 33.0 Å². The van der Waals surface area contributed by atoms with Gasteiger partial charge in [-0.1, -0.05) is 0 Å². The number of hydrogen-bond acceptors (Lipinski definition) is 4. The molecule has 4 N–H and O–H groups in total. The zero-order valence-corrected chi connectivity index (χ0v) is 14.3. The summed E-state index contributed by atoms with van der Waals surface area (Å²) >= 11 is 5.19. The van der Waals surface area contributed by atoms with Crippen molar-refractivity contribution in [1.29, 1.82) is 0 Å². The van der Waals surface area contributed by atoms with Crippen LogP contribution in [0, 0.1) is 6.92 Å². The zero-order valence-electron chi connectivity index (χ0n) is 12.7. The third-order valence-corrected chi connectivity index (χ3v) is 4.24. The number of anilines is 1. The molecule has 124 valence electrons. The molecule has 0 atom stereocenters. The summed E-state index contributed by atoms with van der Waals surface area (Å²) in [4.78, 5) is 0.0662. The first-order valence-corrected chi connectivity index (χ1v) is 8.98. The molecule has 0 fully saturated rings. The Morgan fingerprint density at radius 2 is 2.00 bits per heavy atom. The molecule has 0 unspecified atom stereocenters. The number of benzene rings is 1. The van der Waals surface area contributed by atoms with E-state index in [0.717, 1.165) is 18.7 Å². The summed E-state index contributed by atoms with van der Waals surface area (Å²) in [5, 5.41) is 15.9. The highest BCUT2D eigenvalue weighted by Gasteiger charge is 2.07. The molecule has 0 amide bonds. The lowest BCUT2D eigenvalue weighted by molar-refractivity contribution is 0.570. The topological polar surface area (TPSA) is 102 Å². The number of aryl methyl sites for hydroxylation is 2. The van der Waals surface area contributed by atoms with Gasteiger partial charge in [0.05, 0.1) is 10.6 Å². The first-order valence-electron chi connectivity index (χ1n) is 7.02. The van der Waals surface area contributed by atoms with E-state index in [0.29, 0.717) is 17.3 Å². The van der Waals surface area contributed by atoms with Crippen molar-refractivity contribution in [1.82, 2.24) is 15.1 Å². The normalized spacial score (nSPS) is 11.2. The second-order valence-corrected chi connectivity index (χ2v) is 6.99. The second kappa shape index (κ2) is 7.53. The van der Waals surface area contributed by atoms with Gasteiger partial charge in [-0.15, -0.1) is 0 Å². The maximum absolute atomic E-state index is 11.2. The van der Waals surface area contributed by atoms with Crippen LogP contribution in [0.4, 0.5) is 5.69 Å². The number of thiocarbonyl (C=S) groups is 1. The highest BCUT2D eigenvalue weighted by atomic mass is 32.2. The lowest BCUT2D eigenvalue weighted by Gasteiger charge is -2.11. The van der Waals surface area contributed by atoms with E-state index >= 15 is 0 Å². The molecule has 7 nitrogen and oxygen atoms in total. The first-order chi connectivity index (χ1) is 10.8. The quantitative estimate of drug-likeness (QED) is 0.533. The average Bonchev–Trinajstić information content (AvgIpc) is 2.89. The summed E-state index contributed by atoms with van der Waals surface area (Å²) in [5.41, 5.74) is 1.69. The molecule has 0 spiro atoms. The van der Waals surface area contributed by atoms with Crippen LogP contribution in [0.1, 0.15) is 12.1 Å². The van der Waals surface area contributed by atoms with Gasteiger partial charge in [-0.2, -0.15) is 5.10 Å². The molecule has 2 aromatic rings. The summed E-state index contributed by atoms with van der Waals surface area (Å²) in [5.74, 6) is 0. The Labute approximate surface area is 140 Å². The van der Waals surface area contributed by atoms with E-state index in [-0.39, 0.29) is 4.90 Å². The van der Waals surface area contributed by atoms with Gasteiger partial charge in [0.25, 0.3) is 0 Å². The molecule has 23 heavy (non-hydrogen) atoms. The predicted octanol–water partition coefficient (Wildman–Crippen LogP) is 1.22. The van der Waals surface area contributed by atoms with Gasteiger partial charge in [0.15, 0.2) is 5.11 Å². The van der Waals surface area contributed by atoms with Gasteiger partial charge in [-0.05, 0) is 55.9 Å². The Hall–Kier alpha value is -1.97. The molecule has 1 heterocycles. The highest BCUT2D eigenvalue weighted by molar-refractivity contribution is 7.89. The van der Waals surface area contributed by atoms with Gasteiger partial charge >= 0.3 is 0 Å². The van der Waals surface area contributed by atoms with Crippen LogP contribution >= 0.6 is 12.2 Å². The molecule has 0 saturated carbocycles. The minimum Gasteiger partial charge on any atom is -0.362 e. The molecule has 0 aliphatic heterocycles. The van der Waals surface area contributed by atoms with Crippen LogP contribution in [-0.4, -0.2) is 29.9 Å². The Morgan fingerprint density at radius 1 is 1.30 bits per heavy atom. The third-order valence-electron chi connectivity index (χ3n) is 3.06. The summed E-state index contributed by atoms with van der Waals surface area (Å²) in [6, 6.07) is 8.05. The Bertz CT molecular complexity index is 769. The molecule has 0 bridgehead atoms. The molecular formula is C14H19N5O2S2. The van der Waals surface area contributed by atoms with Crippen LogP contribution in [0.2, 0.25) is 0 Å². The maximum Gasteiger partial charge on any atom is 0.238 e. The zero-order chi connectivity index (χ0) is 16.9. The lowest BCUT2D eigenvalue weighted by atomic mass is 10.3. The molecular weight excluding hydrogens is 334 g/mol. The fourth-order valence-electron chi connectivity index (χ4n) is 1.93. The van der Waals surface area contributed by atoms with E-state index in [4.69, 9.17) is 17.4 Å². The predicted molar refractivity (Wildman–Crippen MR) is 93.6 cm³/mol. The minimum atomic E-state index is -3.67. The van der Waals surface area contributed by atoms with Crippen molar-refractivity contribution in [3.63, 3.8) is 0 Å².